The minimum atomic E-state index is -1.56. The Kier molecular flexibility index (Phi) is 12.0. The largest absolute Gasteiger partial charge is 0.514 e. The molecule has 11 heteroatoms. The number of esters is 2. The standard InChI is InChI=1S/C27H41NO10/c1-9-10-11-21(29)34-15-14-27(28,22(30)33-8)17-18-12-13-19(35-23(31)37-25(2,3)4)20(16-18)36-24(32)38-26(5,6)7/h12-13,16H,9-11,14-15,17,28H2,1-8H3/t27-/m1/s1. The lowest BCUT2D eigenvalue weighted by molar-refractivity contribution is -0.151. The van der Waals surface area contributed by atoms with Crippen molar-refractivity contribution in [2.45, 2.75) is 97.3 Å². The van der Waals surface area contributed by atoms with Gasteiger partial charge in [-0.2, -0.15) is 0 Å². The van der Waals surface area contributed by atoms with E-state index in [1.165, 1.54) is 19.2 Å². The number of ether oxygens (including phenoxy) is 6. The van der Waals surface area contributed by atoms with E-state index in [2.05, 4.69) is 0 Å². The first-order valence-corrected chi connectivity index (χ1v) is 12.5. The number of benzene rings is 1. The summed E-state index contributed by atoms with van der Waals surface area (Å²) in [6, 6.07) is 4.31. The van der Waals surface area contributed by atoms with Crippen molar-refractivity contribution in [2.24, 2.45) is 5.73 Å². The lowest BCUT2D eigenvalue weighted by Crippen LogP contribution is -2.51. The van der Waals surface area contributed by atoms with Gasteiger partial charge in [-0.25, -0.2) is 9.59 Å². The molecule has 0 unspecified atom stereocenters. The van der Waals surface area contributed by atoms with Crippen molar-refractivity contribution in [3.8, 4) is 11.5 Å². The van der Waals surface area contributed by atoms with Crippen LogP contribution in [-0.4, -0.2) is 54.7 Å². The second kappa shape index (κ2) is 14.0. The molecule has 38 heavy (non-hydrogen) atoms. The lowest BCUT2D eigenvalue weighted by Gasteiger charge is -2.27. The average molecular weight is 540 g/mol. The van der Waals surface area contributed by atoms with Crippen LogP contribution in [0.1, 0.15) is 79.7 Å². The zero-order valence-corrected chi connectivity index (χ0v) is 23.6. The Morgan fingerprint density at radius 3 is 1.92 bits per heavy atom. The van der Waals surface area contributed by atoms with Gasteiger partial charge in [-0.3, -0.25) is 9.59 Å². The minimum absolute atomic E-state index is 0.0179. The molecule has 0 aliphatic rings. The first kappa shape index (κ1) is 32.7. The van der Waals surface area contributed by atoms with Crippen molar-refractivity contribution >= 4 is 24.2 Å². The van der Waals surface area contributed by atoms with Gasteiger partial charge in [-0.1, -0.05) is 19.4 Å². The van der Waals surface area contributed by atoms with Gasteiger partial charge < -0.3 is 34.2 Å². The zero-order chi connectivity index (χ0) is 29.1. The molecular formula is C27H41NO10. The quantitative estimate of drug-likeness (QED) is 0.233. The number of methoxy groups -OCH3 is 1. The van der Waals surface area contributed by atoms with Gasteiger partial charge in [-0.15, -0.1) is 0 Å². The summed E-state index contributed by atoms with van der Waals surface area (Å²) in [6.07, 6.45) is -0.307. The molecule has 1 atom stereocenters. The Balaban J connectivity index is 3.20. The fourth-order valence-electron chi connectivity index (χ4n) is 3.12. The van der Waals surface area contributed by atoms with Crippen LogP contribution in [0.5, 0.6) is 11.5 Å². The molecule has 1 aromatic carbocycles. The maximum atomic E-state index is 12.6. The van der Waals surface area contributed by atoms with Gasteiger partial charge in [0.25, 0.3) is 0 Å². The number of carbonyl (C=O) groups excluding carboxylic acids is 4. The highest BCUT2D eigenvalue weighted by atomic mass is 16.8. The smallest absolute Gasteiger partial charge is 0.468 e. The summed E-state index contributed by atoms with van der Waals surface area (Å²) in [5, 5.41) is 0. The van der Waals surface area contributed by atoms with Crippen LogP contribution in [0.3, 0.4) is 0 Å². The van der Waals surface area contributed by atoms with Gasteiger partial charge in [0.15, 0.2) is 11.5 Å². The van der Waals surface area contributed by atoms with Crippen LogP contribution in [0.15, 0.2) is 18.2 Å². The Morgan fingerprint density at radius 2 is 1.42 bits per heavy atom. The average Bonchev–Trinajstić information content (AvgIpc) is 2.76. The van der Waals surface area contributed by atoms with Crippen molar-refractivity contribution in [2.75, 3.05) is 13.7 Å². The van der Waals surface area contributed by atoms with E-state index in [0.717, 1.165) is 6.42 Å². The Labute approximate surface area is 224 Å². The fourth-order valence-corrected chi connectivity index (χ4v) is 3.12. The topological polar surface area (TPSA) is 150 Å². The lowest BCUT2D eigenvalue weighted by atomic mass is 9.88. The molecule has 0 saturated heterocycles. The second-order valence-electron chi connectivity index (χ2n) is 10.8. The number of nitrogens with two attached hydrogens (primary N) is 1. The highest BCUT2D eigenvalue weighted by Crippen LogP contribution is 2.32. The second-order valence-corrected chi connectivity index (χ2v) is 10.8. The molecule has 0 bridgehead atoms. The van der Waals surface area contributed by atoms with Gasteiger partial charge in [0.2, 0.25) is 0 Å². The Morgan fingerprint density at radius 1 is 0.868 bits per heavy atom. The molecular weight excluding hydrogens is 498 g/mol. The molecule has 2 N–H and O–H groups in total. The number of hydrogen-bond donors (Lipinski definition) is 1. The molecule has 0 aliphatic carbocycles. The van der Waals surface area contributed by atoms with E-state index in [1.807, 2.05) is 6.92 Å². The van der Waals surface area contributed by atoms with Crippen LogP contribution < -0.4 is 15.2 Å². The van der Waals surface area contributed by atoms with Crippen LogP contribution in [0.4, 0.5) is 9.59 Å². The molecule has 11 nitrogen and oxygen atoms in total. The first-order valence-electron chi connectivity index (χ1n) is 12.5. The Bertz CT molecular complexity index is 977. The molecule has 1 rings (SSSR count). The van der Waals surface area contributed by atoms with E-state index in [4.69, 9.17) is 34.2 Å². The molecule has 0 aromatic heterocycles. The van der Waals surface area contributed by atoms with Crippen LogP contribution in [0.2, 0.25) is 0 Å². The van der Waals surface area contributed by atoms with Gasteiger partial charge in [0.05, 0.1) is 13.7 Å². The summed E-state index contributed by atoms with van der Waals surface area (Å²) >= 11 is 0. The molecule has 0 radical (unpaired) electrons. The highest BCUT2D eigenvalue weighted by Gasteiger charge is 2.36. The van der Waals surface area contributed by atoms with Crippen molar-refractivity contribution in [3.63, 3.8) is 0 Å². The van der Waals surface area contributed by atoms with Gasteiger partial charge >= 0.3 is 24.2 Å². The molecule has 0 fully saturated rings. The normalized spacial score (nSPS) is 13.1. The summed E-state index contributed by atoms with van der Waals surface area (Å²) in [5.41, 5.74) is 3.62. The fraction of sp³-hybridized carbons (Fsp3) is 0.630. The Hall–Kier alpha value is -3.34. The number of hydrogen-bond acceptors (Lipinski definition) is 11. The maximum Gasteiger partial charge on any atom is 0.514 e. The van der Waals surface area contributed by atoms with E-state index in [9.17, 15) is 19.2 Å². The number of unbranched alkanes of at least 4 members (excludes halogenated alkanes) is 1. The molecule has 0 aliphatic heterocycles. The molecule has 0 spiro atoms. The maximum absolute atomic E-state index is 12.6. The summed E-state index contributed by atoms with van der Waals surface area (Å²) in [7, 11) is 1.20. The van der Waals surface area contributed by atoms with Crippen molar-refractivity contribution in [1.29, 1.82) is 0 Å². The predicted octanol–water partition coefficient (Wildman–Crippen LogP) is 4.85. The summed E-state index contributed by atoms with van der Waals surface area (Å²) in [4.78, 5) is 49.0. The van der Waals surface area contributed by atoms with Crippen LogP contribution in [0.25, 0.3) is 0 Å². The molecule has 0 saturated carbocycles. The van der Waals surface area contributed by atoms with Gasteiger partial charge in [0.1, 0.15) is 16.7 Å². The number of carbonyl (C=O) groups is 4. The van der Waals surface area contributed by atoms with Crippen molar-refractivity contribution < 1.29 is 47.6 Å². The highest BCUT2D eigenvalue weighted by molar-refractivity contribution is 5.81. The summed E-state index contributed by atoms with van der Waals surface area (Å²) < 4.78 is 31.1. The molecule has 1 aromatic rings. The predicted molar refractivity (Wildman–Crippen MR) is 138 cm³/mol. The van der Waals surface area contributed by atoms with Crippen molar-refractivity contribution in [3.05, 3.63) is 23.8 Å². The van der Waals surface area contributed by atoms with E-state index in [-0.39, 0.29) is 43.3 Å². The molecule has 214 valence electrons. The van der Waals surface area contributed by atoms with Gasteiger partial charge in [0, 0.05) is 19.3 Å². The third-order valence-corrected chi connectivity index (χ3v) is 4.83. The SMILES string of the molecule is CCCCC(=O)OCC[C@@](N)(Cc1ccc(OC(=O)OC(C)(C)C)c(OC(=O)OC(C)(C)C)c1)C(=O)OC. The van der Waals surface area contributed by atoms with Crippen molar-refractivity contribution in [1.82, 2.24) is 0 Å². The monoisotopic (exact) mass is 539 g/mol. The van der Waals surface area contributed by atoms with Crippen LogP contribution in [-0.2, 0) is 35.0 Å². The third-order valence-electron chi connectivity index (χ3n) is 4.83. The zero-order valence-electron chi connectivity index (χ0n) is 23.6. The molecule has 0 heterocycles. The summed E-state index contributed by atoms with van der Waals surface area (Å²) in [6.45, 7) is 11.9. The molecule has 0 amide bonds. The van der Waals surface area contributed by atoms with Crippen LogP contribution >= 0.6 is 0 Å². The summed E-state index contributed by atoms with van der Waals surface area (Å²) in [5.74, 6) is -1.36. The van der Waals surface area contributed by atoms with Crippen LogP contribution in [0, 0.1) is 0 Å². The van der Waals surface area contributed by atoms with E-state index in [0.29, 0.717) is 12.0 Å². The first-order chi connectivity index (χ1) is 17.5. The number of rotatable bonds is 11. The van der Waals surface area contributed by atoms with Gasteiger partial charge in [-0.05, 0) is 65.7 Å². The van der Waals surface area contributed by atoms with E-state index >= 15 is 0 Å². The van der Waals surface area contributed by atoms with E-state index < -0.39 is 35.0 Å². The van der Waals surface area contributed by atoms with E-state index in [1.54, 1.807) is 47.6 Å². The third kappa shape index (κ3) is 12.3. The minimum Gasteiger partial charge on any atom is -0.468 e.